The molecule has 0 saturated carbocycles. The Labute approximate surface area is 205 Å². The summed E-state index contributed by atoms with van der Waals surface area (Å²) in [5.74, 6) is 0. The number of nitrogens with one attached hydrogen (secondary N) is 3. The zero-order valence-electron chi connectivity index (χ0n) is 18.0. The van der Waals surface area contributed by atoms with E-state index in [1.807, 2.05) is 0 Å². The fourth-order valence-electron chi connectivity index (χ4n) is 2.43. The van der Waals surface area contributed by atoms with Gasteiger partial charge in [0.25, 0.3) is 0 Å². The van der Waals surface area contributed by atoms with Gasteiger partial charge in [-0.25, -0.2) is 0 Å². The van der Waals surface area contributed by atoms with Crippen molar-refractivity contribution in [1.82, 2.24) is 16.0 Å². The summed E-state index contributed by atoms with van der Waals surface area (Å²) in [5, 5.41) is 15.2. The van der Waals surface area contributed by atoms with Crippen molar-refractivity contribution < 1.29 is 21.7 Å². The minimum atomic E-state index is 0. The van der Waals surface area contributed by atoms with Crippen LogP contribution in [0.4, 0.5) is 0 Å². The summed E-state index contributed by atoms with van der Waals surface area (Å²) in [7, 11) is 0. The van der Waals surface area contributed by atoms with E-state index < -0.39 is 0 Å². The maximum Gasteiger partial charge on any atom is 4.00 e. The quantitative estimate of drug-likeness (QED) is 0.339. The van der Waals surface area contributed by atoms with Crippen molar-refractivity contribution >= 4 is 37.2 Å². The van der Waals surface area contributed by atoms with Crippen LogP contribution in [0, 0.1) is 22.3 Å². The molecule has 3 N–H and O–H groups in total. The van der Waals surface area contributed by atoms with E-state index in [0.717, 1.165) is 26.2 Å². The maximum absolute atomic E-state index is 4.60. The van der Waals surface area contributed by atoms with Crippen LogP contribution in [0.2, 0.25) is 0 Å². The first kappa shape index (κ1) is 46.6. The van der Waals surface area contributed by atoms with E-state index in [0.29, 0.717) is 0 Å². The molecule has 0 aromatic rings. The van der Waals surface area contributed by atoms with Crippen LogP contribution in [0.1, 0.15) is 51.4 Å². The van der Waals surface area contributed by atoms with Crippen molar-refractivity contribution in [2.45, 2.75) is 51.4 Å². The first-order valence-corrected chi connectivity index (χ1v) is 8.75. The first-order valence-electron chi connectivity index (χ1n) is 8.75. The molecule has 1 rings (SSSR count). The van der Waals surface area contributed by atoms with Gasteiger partial charge in [0, 0.05) is 0 Å². The SMILES string of the molecule is C1CCNCCCCNCCCCNCCCC[N-]C1.Cl.Cl.Cl.[CH3-].[CH3-].[CH3-].[Ti+4]. The average molecular weight is 486 g/mol. The molecule has 0 spiro atoms. The molecule has 0 aromatic carbocycles. The normalized spacial score (nSPS) is 17.8. The second-order valence-corrected chi connectivity index (χ2v) is 5.75. The molecule has 8 heteroatoms. The van der Waals surface area contributed by atoms with Gasteiger partial charge in [-0.3, -0.25) is 0 Å². The summed E-state index contributed by atoms with van der Waals surface area (Å²) in [6, 6.07) is 0. The smallest absolute Gasteiger partial charge is 0.662 e. The molecule has 0 bridgehead atoms. The molecule has 1 aliphatic heterocycles. The van der Waals surface area contributed by atoms with Crippen molar-refractivity contribution in [3.63, 3.8) is 0 Å². The predicted molar refractivity (Wildman–Crippen MR) is 130 cm³/mol. The Balaban J connectivity index is -0.000000114. The third-order valence-corrected chi connectivity index (χ3v) is 3.75. The van der Waals surface area contributed by atoms with Crippen LogP contribution in [0.15, 0.2) is 0 Å². The minimum absolute atomic E-state index is 0. The Kier molecular flexibility index (Phi) is 72.0. The minimum Gasteiger partial charge on any atom is -0.662 e. The Morgan fingerprint density at radius 1 is 0.407 bits per heavy atom. The van der Waals surface area contributed by atoms with Crippen LogP contribution in [0.3, 0.4) is 0 Å². The number of halogens is 3. The van der Waals surface area contributed by atoms with Gasteiger partial charge in [-0.1, -0.05) is 12.8 Å². The van der Waals surface area contributed by atoms with Gasteiger partial charge in [-0.15, -0.1) is 50.3 Å². The zero-order valence-corrected chi connectivity index (χ0v) is 22.0. The van der Waals surface area contributed by atoms with Gasteiger partial charge >= 0.3 is 21.7 Å². The fourth-order valence-corrected chi connectivity index (χ4v) is 2.43. The van der Waals surface area contributed by atoms with Gasteiger partial charge < -0.3 is 43.5 Å². The van der Waals surface area contributed by atoms with Crippen LogP contribution < -0.4 is 16.0 Å². The van der Waals surface area contributed by atoms with E-state index in [-0.39, 0.29) is 81.2 Å². The summed E-state index contributed by atoms with van der Waals surface area (Å²) in [6.07, 6.45) is 10.2. The zero-order chi connectivity index (χ0) is 14.1. The van der Waals surface area contributed by atoms with Gasteiger partial charge in [0.1, 0.15) is 0 Å². The van der Waals surface area contributed by atoms with Gasteiger partial charge in [0.05, 0.1) is 0 Å². The Bertz CT molecular complexity index is 121. The topological polar surface area (TPSA) is 50.2 Å². The summed E-state index contributed by atoms with van der Waals surface area (Å²) >= 11 is 0. The second-order valence-electron chi connectivity index (χ2n) is 5.75. The monoisotopic (exact) mass is 484 g/mol. The Hall–Kier alpha value is 1.42. The van der Waals surface area contributed by atoms with Crippen LogP contribution in [0.25, 0.3) is 5.32 Å². The number of hydrogen-bond donors (Lipinski definition) is 3. The predicted octanol–water partition coefficient (Wildman–Crippen LogP) is 4.88. The molecule has 0 atom stereocenters. The van der Waals surface area contributed by atoms with E-state index in [9.17, 15) is 0 Å². The van der Waals surface area contributed by atoms with Gasteiger partial charge in [-0.2, -0.15) is 0 Å². The summed E-state index contributed by atoms with van der Waals surface area (Å²) < 4.78 is 0. The molecule has 0 unspecified atom stereocenters. The van der Waals surface area contributed by atoms with Crippen molar-refractivity contribution in [2.24, 2.45) is 0 Å². The molecule has 0 radical (unpaired) electrons. The Morgan fingerprint density at radius 3 is 0.889 bits per heavy atom. The summed E-state index contributed by atoms with van der Waals surface area (Å²) in [5.41, 5.74) is 0. The van der Waals surface area contributed by atoms with E-state index in [2.05, 4.69) is 21.3 Å². The number of hydrogen-bond acceptors (Lipinski definition) is 3. The molecule has 1 saturated heterocycles. The molecule has 168 valence electrons. The molecule has 1 aliphatic rings. The van der Waals surface area contributed by atoms with Crippen molar-refractivity contribution in [3.8, 4) is 0 Å². The van der Waals surface area contributed by atoms with Crippen molar-refractivity contribution in [1.29, 1.82) is 0 Å². The van der Waals surface area contributed by atoms with E-state index in [1.165, 1.54) is 77.5 Å². The average Bonchev–Trinajstić information content (AvgIpc) is 2.46. The van der Waals surface area contributed by atoms with Gasteiger partial charge in [0.2, 0.25) is 0 Å². The third-order valence-electron chi connectivity index (χ3n) is 3.75. The molecule has 1 heterocycles. The molecule has 0 aromatic heterocycles. The van der Waals surface area contributed by atoms with Gasteiger partial charge in [0.15, 0.2) is 0 Å². The molecular formula is C19H47Cl3N4Ti. The van der Waals surface area contributed by atoms with Gasteiger partial charge in [-0.05, 0) is 77.8 Å². The fraction of sp³-hybridized carbons (Fsp3) is 0.842. The molecule has 4 nitrogen and oxygen atoms in total. The van der Waals surface area contributed by atoms with Crippen molar-refractivity contribution in [3.05, 3.63) is 27.6 Å². The van der Waals surface area contributed by atoms with Crippen LogP contribution in [-0.2, 0) is 21.7 Å². The molecular weight excluding hydrogens is 438 g/mol. The molecule has 1 fully saturated rings. The van der Waals surface area contributed by atoms with Crippen LogP contribution in [0.5, 0.6) is 0 Å². The van der Waals surface area contributed by atoms with E-state index in [4.69, 9.17) is 0 Å². The van der Waals surface area contributed by atoms with Crippen LogP contribution >= 0.6 is 37.2 Å². The molecule has 0 amide bonds. The Morgan fingerprint density at radius 2 is 0.630 bits per heavy atom. The van der Waals surface area contributed by atoms with E-state index in [1.54, 1.807) is 0 Å². The van der Waals surface area contributed by atoms with E-state index >= 15 is 0 Å². The molecule has 27 heavy (non-hydrogen) atoms. The molecule has 0 aliphatic carbocycles. The second kappa shape index (κ2) is 41.7. The van der Waals surface area contributed by atoms with Crippen molar-refractivity contribution in [2.75, 3.05) is 52.4 Å². The number of nitrogens with zero attached hydrogens (tertiary/aromatic N) is 1. The standard InChI is InChI=1S/C16H35N4.3CH3.3ClH.Ti/c1-2-10-18-12-5-6-14-20-16-8-7-15-19-13-4-3-11-17-9-1;;;;;;;/h17-19H,1-16H2;3*1H3;3*1H;/q4*-1;;;;+4. The summed E-state index contributed by atoms with van der Waals surface area (Å²) in [6.45, 7) is 9.12. The number of rotatable bonds is 0. The maximum atomic E-state index is 4.60. The largest absolute Gasteiger partial charge is 4.00 e. The first-order chi connectivity index (χ1) is 10.0. The third kappa shape index (κ3) is 38.6. The van der Waals surface area contributed by atoms with Crippen LogP contribution in [-0.4, -0.2) is 52.4 Å². The summed E-state index contributed by atoms with van der Waals surface area (Å²) in [4.78, 5) is 0.